The van der Waals surface area contributed by atoms with Crippen molar-refractivity contribution < 1.29 is 4.79 Å². The van der Waals surface area contributed by atoms with Gasteiger partial charge in [0.25, 0.3) is 5.91 Å². The molecule has 6 nitrogen and oxygen atoms in total. The fourth-order valence-corrected chi connectivity index (χ4v) is 3.48. The van der Waals surface area contributed by atoms with E-state index in [1.165, 1.54) is 0 Å². The monoisotopic (exact) mass is 373 g/mol. The quantitative estimate of drug-likeness (QED) is 0.687. The van der Waals surface area contributed by atoms with E-state index in [0.29, 0.717) is 22.7 Å². The number of hydrogen-bond acceptors (Lipinski definition) is 4. The number of fused-ring (bicyclic) bond motifs is 1. The van der Waals surface area contributed by atoms with Gasteiger partial charge in [0.15, 0.2) is 5.65 Å². The first-order valence-corrected chi connectivity index (χ1v) is 9.81. The lowest BCUT2D eigenvalue weighted by molar-refractivity contribution is 0.102. The van der Waals surface area contributed by atoms with E-state index in [1.54, 1.807) is 18.2 Å². The van der Waals surface area contributed by atoms with Crippen LogP contribution >= 0.6 is 0 Å². The Labute approximate surface area is 164 Å². The number of nitrogens with one attached hydrogen (secondary N) is 1. The Balaban J connectivity index is 1.80. The third-order valence-electron chi connectivity index (χ3n) is 5.16. The first kappa shape index (κ1) is 18.2. The minimum Gasteiger partial charge on any atom is -0.321 e. The minimum absolute atomic E-state index is 0.227. The minimum atomic E-state index is -0.227. The van der Waals surface area contributed by atoms with Crippen molar-refractivity contribution in [1.29, 1.82) is 5.26 Å². The highest BCUT2D eigenvalue weighted by Gasteiger charge is 2.29. The number of nitriles is 1. The number of pyridine rings is 1. The summed E-state index contributed by atoms with van der Waals surface area (Å²) in [4.78, 5) is 18.0. The molecule has 1 aliphatic rings. The SMILES string of the molecule is CCCCn1nc(C)c2c(C(=O)Nc3ccccc3C#N)cc(C3CC3)nc21. The second-order valence-electron chi connectivity index (χ2n) is 7.34. The highest BCUT2D eigenvalue weighted by Crippen LogP contribution is 2.40. The maximum Gasteiger partial charge on any atom is 0.256 e. The summed E-state index contributed by atoms with van der Waals surface area (Å²) in [7, 11) is 0. The van der Waals surface area contributed by atoms with Crippen molar-refractivity contribution in [2.75, 3.05) is 5.32 Å². The van der Waals surface area contributed by atoms with Gasteiger partial charge in [-0.05, 0) is 44.4 Å². The number of carbonyl (C=O) groups is 1. The van der Waals surface area contributed by atoms with Crippen LogP contribution in [0.15, 0.2) is 30.3 Å². The van der Waals surface area contributed by atoms with Gasteiger partial charge in [0.2, 0.25) is 0 Å². The Hall–Kier alpha value is -3.20. The molecule has 3 aromatic rings. The number of anilines is 1. The molecule has 2 heterocycles. The van der Waals surface area contributed by atoms with Crippen LogP contribution in [0.4, 0.5) is 5.69 Å². The van der Waals surface area contributed by atoms with Crippen molar-refractivity contribution in [2.45, 2.75) is 52.0 Å². The summed E-state index contributed by atoms with van der Waals surface area (Å²) in [6.45, 7) is 4.86. The molecule has 0 saturated heterocycles. The molecule has 0 unspecified atom stereocenters. The van der Waals surface area contributed by atoms with E-state index in [2.05, 4.69) is 23.4 Å². The predicted octanol–water partition coefficient (Wildman–Crippen LogP) is 4.54. The Bertz CT molecular complexity index is 1090. The van der Waals surface area contributed by atoms with Crippen molar-refractivity contribution in [1.82, 2.24) is 14.8 Å². The van der Waals surface area contributed by atoms with Crippen LogP contribution in [0, 0.1) is 18.3 Å². The first-order chi connectivity index (χ1) is 13.6. The molecule has 2 aromatic heterocycles. The third-order valence-corrected chi connectivity index (χ3v) is 5.16. The van der Waals surface area contributed by atoms with Gasteiger partial charge in [-0.2, -0.15) is 10.4 Å². The molecule has 1 saturated carbocycles. The van der Waals surface area contributed by atoms with Crippen molar-refractivity contribution in [3.8, 4) is 6.07 Å². The zero-order valence-electron chi connectivity index (χ0n) is 16.2. The number of nitrogens with zero attached hydrogens (tertiary/aromatic N) is 4. The summed E-state index contributed by atoms with van der Waals surface area (Å²) in [5.41, 5.74) is 4.10. The number of para-hydroxylation sites is 1. The molecular formula is C22H23N5O. The molecule has 0 bridgehead atoms. The molecule has 1 aromatic carbocycles. The van der Waals surface area contributed by atoms with E-state index in [0.717, 1.165) is 54.6 Å². The molecule has 1 N–H and O–H groups in total. The second-order valence-corrected chi connectivity index (χ2v) is 7.34. The van der Waals surface area contributed by atoms with Crippen LogP contribution in [0.3, 0.4) is 0 Å². The average Bonchev–Trinajstić information content (AvgIpc) is 3.51. The van der Waals surface area contributed by atoms with Gasteiger partial charge in [0, 0.05) is 18.2 Å². The molecule has 6 heteroatoms. The van der Waals surface area contributed by atoms with Crippen molar-refractivity contribution in [2.24, 2.45) is 0 Å². The van der Waals surface area contributed by atoms with Crippen molar-refractivity contribution >= 4 is 22.6 Å². The molecule has 1 fully saturated rings. The van der Waals surface area contributed by atoms with Crippen LogP contribution in [0.1, 0.15) is 65.8 Å². The van der Waals surface area contributed by atoms with Crippen molar-refractivity contribution in [3.63, 3.8) is 0 Å². The van der Waals surface area contributed by atoms with Gasteiger partial charge in [-0.15, -0.1) is 0 Å². The topological polar surface area (TPSA) is 83.6 Å². The zero-order chi connectivity index (χ0) is 19.7. The van der Waals surface area contributed by atoms with E-state index in [9.17, 15) is 10.1 Å². The fourth-order valence-electron chi connectivity index (χ4n) is 3.48. The highest BCUT2D eigenvalue weighted by molar-refractivity contribution is 6.13. The molecule has 4 rings (SSSR count). The van der Waals surface area contributed by atoms with E-state index in [4.69, 9.17) is 4.98 Å². The third kappa shape index (κ3) is 3.36. The Kier molecular flexibility index (Phi) is 4.82. The van der Waals surface area contributed by atoms with E-state index in [1.807, 2.05) is 23.7 Å². The lowest BCUT2D eigenvalue weighted by Gasteiger charge is -2.10. The summed E-state index contributed by atoms with van der Waals surface area (Å²) >= 11 is 0. The van der Waals surface area contributed by atoms with E-state index < -0.39 is 0 Å². The largest absolute Gasteiger partial charge is 0.321 e. The lowest BCUT2D eigenvalue weighted by atomic mass is 10.1. The van der Waals surface area contributed by atoms with Crippen LogP contribution in [0.2, 0.25) is 0 Å². The summed E-state index contributed by atoms with van der Waals surface area (Å²) in [6, 6.07) is 11.1. The van der Waals surface area contributed by atoms with Gasteiger partial charge in [-0.3, -0.25) is 4.79 Å². The van der Waals surface area contributed by atoms with Crippen LogP contribution in [0.25, 0.3) is 11.0 Å². The molecule has 0 radical (unpaired) electrons. The molecule has 28 heavy (non-hydrogen) atoms. The predicted molar refractivity (Wildman–Crippen MR) is 108 cm³/mol. The number of benzene rings is 1. The van der Waals surface area contributed by atoms with Gasteiger partial charge in [-0.1, -0.05) is 25.5 Å². The normalized spacial score (nSPS) is 13.5. The van der Waals surface area contributed by atoms with Gasteiger partial charge in [0.05, 0.1) is 27.9 Å². The molecule has 1 amide bonds. The smallest absolute Gasteiger partial charge is 0.256 e. The second kappa shape index (κ2) is 7.43. The standard InChI is InChI=1S/C22H23N5O/c1-3-4-11-27-21-20(14(2)26-27)17(12-19(24-21)15-9-10-15)22(28)25-18-8-6-5-7-16(18)13-23/h5-8,12,15H,3-4,9-11H2,1-2H3,(H,25,28). The van der Waals surface area contributed by atoms with Crippen LogP contribution in [-0.2, 0) is 6.54 Å². The first-order valence-electron chi connectivity index (χ1n) is 9.81. The van der Waals surface area contributed by atoms with Crippen LogP contribution in [-0.4, -0.2) is 20.7 Å². The van der Waals surface area contributed by atoms with Gasteiger partial charge in [-0.25, -0.2) is 9.67 Å². The summed E-state index contributed by atoms with van der Waals surface area (Å²) in [6.07, 6.45) is 4.31. The number of aromatic nitrogens is 3. The molecule has 142 valence electrons. The van der Waals surface area contributed by atoms with Crippen LogP contribution < -0.4 is 5.32 Å². The maximum atomic E-state index is 13.2. The van der Waals surface area contributed by atoms with E-state index in [-0.39, 0.29) is 5.91 Å². The maximum absolute atomic E-state index is 13.2. The number of aryl methyl sites for hydroxylation is 2. The Morgan fingerprint density at radius 2 is 2.14 bits per heavy atom. The Morgan fingerprint density at radius 3 is 2.86 bits per heavy atom. The summed E-state index contributed by atoms with van der Waals surface area (Å²) in [5.74, 6) is 0.201. The molecule has 1 aliphatic carbocycles. The summed E-state index contributed by atoms with van der Waals surface area (Å²) < 4.78 is 1.93. The molecule has 0 atom stereocenters. The van der Waals surface area contributed by atoms with Gasteiger partial charge < -0.3 is 5.32 Å². The number of amides is 1. The highest BCUT2D eigenvalue weighted by atomic mass is 16.1. The molecular weight excluding hydrogens is 350 g/mol. The zero-order valence-corrected chi connectivity index (χ0v) is 16.2. The number of unbranched alkanes of at least 4 members (excludes halogenated alkanes) is 1. The Morgan fingerprint density at radius 1 is 1.36 bits per heavy atom. The fraction of sp³-hybridized carbons (Fsp3) is 0.364. The lowest BCUT2D eigenvalue weighted by Crippen LogP contribution is -2.14. The van der Waals surface area contributed by atoms with E-state index >= 15 is 0 Å². The average molecular weight is 373 g/mol. The number of rotatable bonds is 6. The molecule has 0 spiro atoms. The van der Waals surface area contributed by atoms with Crippen LogP contribution in [0.5, 0.6) is 0 Å². The number of carbonyl (C=O) groups excluding carboxylic acids is 1. The number of hydrogen-bond donors (Lipinski definition) is 1. The van der Waals surface area contributed by atoms with Crippen molar-refractivity contribution in [3.05, 3.63) is 52.8 Å². The van der Waals surface area contributed by atoms with Gasteiger partial charge in [0.1, 0.15) is 6.07 Å². The van der Waals surface area contributed by atoms with Gasteiger partial charge >= 0.3 is 0 Å². The molecule has 0 aliphatic heterocycles. The summed E-state index contributed by atoms with van der Waals surface area (Å²) in [5, 5.41) is 17.7.